The molecule has 4 aliphatic carbocycles. The Hall–Kier alpha value is -1.63. The van der Waals surface area contributed by atoms with E-state index in [0.29, 0.717) is 11.7 Å². The molecule has 0 heterocycles. The third-order valence-electron chi connectivity index (χ3n) is 6.45. The van der Waals surface area contributed by atoms with Crippen LogP contribution in [0.2, 0.25) is 0 Å². The molecule has 4 atom stereocenters. The molecule has 0 radical (unpaired) electrons. The van der Waals surface area contributed by atoms with Gasteiger partial charge in [-0.2, -0.15) is 0 Å². The van der Waals surface area contributed by atoms with E-state index in [1.807, 2.05) is 6.07 Å². The Morgan fingerprint density at radius 2 is 1.75 bits per heavy atom. The largest absolute Gasteiger partial charge is 0.298 e. The van der Waals surface area contributed by atoms with E-state index in [4.69, 9.17) is 0 Å². The van der Waals surface area contributed by atoms with Crippen molar-refractivity contribution in [2.24, 2.45) is 22.2 Å². The Morgan fingerprint density at radius 1 is 1.10 bits per heavy atom. The molecule has 0 spiro atoms. The highest BCUT2D eigenvalue weighted by atomic mass is 16.1. The van der Waals surface area contributed by atoms with Crippen molar-refractivity contribution in [3.63, 3.8) is 0 Å². The summed E-state index contributed by atoms with van der Waals surface area (Å²) in [7, 11) is 0. The highest BCUT2D eigenvalue weighted by Crippen LogP contribution is 2.85. The Bertz CT molecular complexity index is 696. The minimum absolute atomic E-state index is 0.0482. The second-order valence-electron chi connectivity index (χ2n) is 7.21. The molecule has 5 rings (SSSR count). The molecule has 1 nitrogen and oxygen atoms in total. The van der Waals surface area contributed by atoms with Crippen LogP contribution in [0.4, 0.5) is 0 Å². The number of rotatable bonds is 1. The average Bonchev–Trinajstić information content (AvgIpc) is 2.85. The molecule has 1 heteroatoms. The Balaban J connectivity index is 1.95. The number of carbonyl (C=O) groups is 1. The standard InChI is InChI=1S/C19H20O/c1-12-11-17(2)15-14(10-13-8-6-5-7-9-13)18(12,3)16(20)19(15,17)4/h5-11,15H,1-4H3/b14-10-. The molecule has 0 aliphatic heterocycles. The zero-order valence-electron chi connectivity index (χ0n) is 12.5. The SMILES string of the molecule is CC1=CC2(C)C3/C(=C/c4ccccc4)C1(C)C(=O)C32C. The highest BCUT2D eigenvalue weighted by Gasteiger charge is 2.85. The van der Waals surface area contributed by atoms with Crippen LogP contribution in [0.3, 0.4) is 0 Å². The zero-order chi connectivity index (χ0) is 14.3. The van der Waals surface area contributed by atoms with Gasteiger partial charge in [0.1, 0.15) is 0 Å². The van der Waals surface area contributed by atoms with Gasteiger partial charge < -0.3 is 0 Å². The second kappa shape index (κ2) is 3.16. The summed E-state index contributed by atoms with van der Waals surface area (Å²) in [5.74, 6) is 0.830. The van der Waals surface area contributed by atoms with Crippen LogP contribution < -0.4 is 0 Å². The molecule has 4 aliphatic rings. The Kier molecular flexibility index (Phi) is 1.92. The predicted octanol–water partition coefficient (Wildman–Crippen LogP) is 4.26. The summed E-state index contributed by atoms with van der Waals surface area (Å²) in [6.45, 7) is 8.65. The molecule has 102 valence electrons. The number of allylic oxidation sites excluding steroid dienone is 3. The topological polar surface area (TPSA) is 17.1 Å². The van der Waals surface area contributed by atoms with Crippen LogP contribution in [0.5, 0.6) is 0 Å². The Morgan fingerprint density at radius 3 is 2.40 bits per heavy atom. The number of hydrogen-bond acceptors (Lipinski definition) is 1. The molecule has 0 saturated heterocycles. The van der Waals surface area contributed by atoms with Crippen LogP contribution in [0.1, 0.15) is 33.3 Å². The number of benzene rings is 1. The van der Waals surface area contributed by atoms with Crippen molar-refractivity contribution in [2.75, 3.05) is 0 Å². The molecule has 2 saturated carbocycles. The maximum atomic E-state index is 13.0. The van der Waals surface area contributed by atoms with Gasteiger partial charge in [0.05, 0.1) is 5.41 Å². The molecule has 0 aromatic heterocycles. The van der Waals surface area contributed by atoms with Gasteiger partial charge in [-0.05, 0) is 25.0 Å². The summed E-state index contributed by atoms with van der Waals surface area (Å²) < 4.78 is 0. The van der Waals surface area contributed by atoms with Gasteiger partial charge in [0.25, 0.3) is 0 Å². The highest BCUT2D eigenvalue weighted by molar-refractivity contribution is 6.07. The molecular formula is C19H20O. The van der Waals surface area contributed by atoms with Gasteiger partial charge in [-0.15, -0.1) is 0 Å². The van der Waals surface area contributed by atoms with Gasteiger partial charge in [-0.3, -0.25) is 4.79 Å². The van der Waals surface area contributed by atoms with E-state index in [1.54, 1.807) is 0 Å². The van der Waals surface area contributed by atoms with Crippen LogP contribution in [0.15, 0.2) is 47.6 Å². The first-order valence-corrected chi connectivity index (χ1v) is 7.39. The normalized spacial score (nSPS) is 46.6. The molecule has 20 heavy (non-hydrogen) atoms. The number of carbonyl (C=O) groups excluding carboxylic acids is 1. The fourth-order valence-electron chi connectivity index (χ4n) is 4.97. The lowest BCUT2D eigenvalue weighted by atomic mass is 9.63. The summed E-state index contributed by atoms with van der Waals surface area (Å²) in [6.07, 6.45) is 4.62. The second-order valence-corrected chi connectivity index (χ2v) is 7.21. The Labute approximate surface area is 120 Å². The van der Waals surface area contributed by atoms with Gasteiger partial charge in [0.2, 0.25) is 0 Å². The summed E-state index contributed by atoms with van der Waals surface area (Å²) in [6, 6.07) is 10.4. The van der Waals surface area contributed by atoms with Crippen LogP contribution in [-0.2, 0) is 4.79 Å². The van der Waals surface area contributed by atoms with Crippen LogP contribution in [-0.4, -0.2) is 5.78 Å². The quantitative estimate of drug-likeness (QED) is 0.693. The smallest absolute Gasteiger partial charge is 0.154 e. The molecule has 2 fully saturated rings. The molecule has 0 amide bonds. The van der Waals surface area contributed by atoms with Crippen LogP contribution in [0, 0.1) is 22.2 Å². The van der Waals surface area contributed by atoms with Crippen molar-refractivity contribution in [1.29, 1.82) is 0 Å². The van der Waals surface area contributed by atoms with Crippen LogP contribution in [0.25, 0.3) is 6.08 Å². The van der Waals surface area contributed by atoms with Gasteiger partial charge in [-0.25, -0.2) is 0 Å². The molecule has 4 bridgehead atoms. The third-order valence-corrected chi connectivity index (χ3v) is 6.45. The lowest BCUT2D eigenvalue weighted by molar-refractivity contribution is -0.129. The van der Waals surface area contributed by atoms with E-state index in [9.17, 15) is 4.79 Å². The molecule has 4 unspecified atom stereocenters. The van der Waals surface area contributed by atoms with Crippen molar-refractivity contribution < 1.29 is 4.79 Å². The van der Waals surface area contributed by atoms with E-state index < -0.39 is 0 Å². The van der Waals surface area contributed by atoms with Crippen molar-refractivity contribution >= 4 is 11.9 Å². The maximum absolute atomic E-state index is 13.0. The zero-order valence-corrected chi connectivity index (χ0v) is 12.5. The number of hydrogen-bond donors (Lipinski definition) is 0. The maximum Gasteiger partial charge on any atom is 0.154 e. The first kappa shape index (κ1) is 12.1. The predicted molar refractivity (Wildman–Crippen MR) is 81.0 cm³/mol. The molecule has 1 aromatic carbocycles. The van der Waals surface area contributed by atoms with Crippen molar-refractivity contribution in [1.82, 2.24) is 0 Å². The van der Waals surface area contributed by atoms with E-state index in [-0.39, 0.29) is 16.2 Å². The summed E-state index contributed by atoms with van der Waals surface area (Å²) >= 11 is 0. The van der Waals surface area contributed by atoms with E-state index >= 15 is 0 Å². The van der Waals surface area contributed by atoms with E-state index in [0.717, 1.165) is 0 Å². The van der Waals surface area contributed by atoms with E-state index in [2.05, 4.69) is 64.1 Å². The minimum atomic E-state index is -0.368. The fraction of sp³-hybridized carbons (Fsp3) is 0.421. The lowest BCUT2D eigenvalue weighted by Crippen LogP contribution is -2.39. The van der Waals surface area contributed by atoms with Gasteiger partial charge in [-0.1, -0.05) is 61.9 Å². The molecule has 1 aromatic rings. The molecular weight excluding hydrogens is 244 g/mol. The van der Waals surface area contributed by atoms with Gasteiger partial charge in [0, 0.05) is 16.7 Å². The average molecular weight is 264 g/mol. The third kappa shape index (κ3) is 0.994. The first-order valence-electron chi connectivity index (χ1n) is 7.39. The van der Waals surface area contributed by atoms with Crippen molar-refractivity contribution in [3.8, 4) is 0 Å². The first-order chi connectivity index (χ1) is 9.36. The lowest BCUT2D eigenvalue weighted by Gasteiger charge is -2.39. The van der Waals surface area contributed by atoms with Gasteiger partial charge >= 0.3 is 0 Å². The minimum Gasteiger partial charge on any atom is -0.298 e. The van der Waals surface area contributed by atoms with Crippen molar-refractivity contribution in [3.05, 3.63) is 53.1 Å². The summed E-state index contributed by atoms with van der Waals surface area (Å²) in [5, 5.41) is 0. The van der Waals surface area contributed by atoms with Crippen molar-refractivity contribution in [2.45, 2.75) is 27.7 Å². The fourth-order valence-corrected chi connectivity index (χ4v) is 4.97. The van der Waals surface area contributed by atoms with Gasteiger partial charge in [0.15, 0.2) is 5.78 Å². The van der Waals surface area contributed by atoms with E-state index in [1.165, 1.54) is 16.7 Å². The number of Topliss-reactive ketones (excluding diaryl/α,β-unsaturated/α-hetero) is 1. The van der Waals surface area contributed by atoms with Crippen LogP contribution >= 0.6 is 0 Å². The molecule has 0 N–H and O–H groups in total. The monoisotopic (exact) mass is 264 g/mol. The number of ketones is 1. The summed E-state index contributed by atoms with van der Waals surface area (Å²) in [4.78, 5) is 13.0. The summed E-state index contributed by atoms with van der Waals surface area (Å²) in [5.41, 5.74) is 3.29.